The van der Waals surface area contributed by atoms with Crippen LogP contribution in [0.25, 0.3) is 10.9 Å². The number of aromatic nitrogens is 1. The monoisotopic (exact) mass is 353 g/mol. The van der Waals surface area contributed by atoms with Gasteiger partial charge in [0, 0.05) is 18.3 Å². The molecule has 134 valence electrons. The fraction of sp³-hybridized carbons (Fsp3) is 0.200. The van der Waals surface area contributed by atoms with Crippen molar-refractivity contribution in [1.29, 1.82) is 0 Å². The summed E-state index contributed by atoms with van der Waals surface area (Å²) in [5, 5.41) is 19.4. The van der Waals surface area contributed by atoms with Gasteiger partial charge in [-0.25, -0.2) is 9.59 Å². The van der Waals surface area contributed by atoms with Crippen LogP contribution in [0, 0.1) is 0 Å². The zero-order valence-electron chi connectivity index (χ0n) is 14.3. The van der Waals surface area contributed by atoms with Gasteiger partial charge in [0.05, 0.1) is 12.2 Å². The number of fused-ring (bicyclic) bond motifs is 1. The predicted octanol–water partition coefficient (Wildman–Crippen LogP) is 2.98. The highest BCUT2D eigenvalue weighted by Crippen LogP contribution is 2.23. The highest BCUT2D eigenvalue weighted by molar-refractivity contribution is 5.91. The third-order valence-electron chi connectivity index (χ3n) is 4.20. The molecule has 0 radical (unpaired) electrons. The molecule has 0 aliphatic heterocycles. The molecule has 1 heterocycles. The van der Waals surface area contributed by atoms with E-state index in [-0.39, 0.29) is 5.97 Å². The molecule has 1 unspecified atom stereocenters. The lowest BCUT2D eigenvalue weighted by molar-refractivity contribution is -0.146. The van der Waals surface area contributed by atoms with Gasteiger partial charge in [-0.1, -0.05) is 24.3 Å². The number of carboxylic acid groups (broad SMARTS) is 1. The Bertz CT molecular complexity index is 960. The molecule has 0 saturated heterocycles. The van der Waals surface area contributed by atoms with Gasteiger partial charge in [-0.05, 0) is 47.7 Å². The summed E-state index contributed by atoms with van der Waals surface area (Å²) in [7, 11) is 0. The number of ether oxygens (including phenoxy) is 1. The molecule has 0 aliphatic carbocycles. The summed E-state index contributed by atoms with van der Waals surface area (Å²) >= 11 is 0. The van der Waals surface area contributed by atoms with E-state index in [4.69, 9.17) is 9.84 Å². The first-order chi connectivity index (χ1) is 12.5. The van der Waals surface area contributed by atoms with Gasteiger partial charge in [0.25, 0.3) is 0 Å². The molecule has 3 rings (SSSR count). The number of esters is 1. The number of hydrogen-bond acceptors (Lipinski definition) is 4. The van der Waals surface area contributed by atoms with Crippen LogP contribution < -0.4 is 0 Å². The Balaban J connectivity index is 1.93. The Hall–Kier alpha value is -3.12. The lowest BCUT2D eigenvalue weighted by Crippen LogP contribution is -2.11. The molecular formula is C20H19NO5. The maximum atomic E-state index is 12.1. The van der Waals surface area contributed by atoms with Crippen molar-refractivity contribution in [3.05, 3.63) is 71.4 Å². The summed E-state index contributed by atoms with van der Waals surface area (Å²) in [4.78, 5) is 23.1. The minimum atomic E-state index is -1.55. The van der Waals surface area contributed by atoms with Crippen molar-refractivity contribution in [3.63, 3.8) is 0 Å². The first kappa shape index (κ1) is 17.7. The molecule has 2 N–H and O–H groups in total. The van der Waals surface area contributed by atoms with Crippen molar-refractivity contribution in [1.82, 2.24) is 4.57 Å². The lowest BCUT2D eigenvalue weighted by atomic mass is 10.1. The van der Waals surface area contributed by atoms with Crippen molar-refractivity contribution < 1.29 is 24.5 Å². The van der Waals surface area contributed by atoms with E-state index in [1.54, 1.807) is 37.3 Å². The third-order valence-corrected chi connectivity index (χ3v) is 4.20. The summed E-state index contributed by atoms with van der Waals surface area (Å²) in [6.45, 7) is 2.55. The van der Waals surface area contributed by atoms with Gasteiger partial charge >= 0.3 is 11.9 Å². The molecule has 0 aliphatic rings. The summed E-state index contributed by atoms with van der Waals surface area (Å²) in [6.07, 6.45) is 0.316. The van der Waals surface area contributed by atoms with Crippen molar-refractivity contribution in [2.24, 2.45) is 0 Å². The molecule has 2 aromatic carbocycles. The predicted molar refractivity (Wildman–Crippen MR) is 96.0 cm³/mol. The van der Waals surface area contributed by atoms with Crippen LogP contribution in [0.15, 0.2) is 54.7 Å². The van der Waals surface area contributed by atoms with E-state index in [0.29, 0.717) is 24.3 Å². The summed E-state index contributed by atoms with van der Waals surface area (Å²) < 4.78 is 7.07. The second-order valence-electron chi connectivity index (χ2n) is 5.88. The molecule has 1 atom stereocenters. The molecule has 3 aromatic rings. The number of carbonyl (C=O) groups excluding carboxylic acids is 1. The molecule has 0 bridgehead atoms. The number of carbonyl (C=O) groups is 2. The lowest BCUT2D eigenvalue weighted by Gasteiger charge is -2.11. The number of aliphatic hydroxyl groups excluding tert-OH is 1. The summed E-state index contributed by atoms with van der Waals surface area (Å²) in [6, 6.07) is 14.1. The highest BCUT2D eigenvalue weighted by atomic mass is 16.5. The quantitative estimate of drug-likeness (QED) is 0.665. The molecule has 1 aromatic heterocycles. The van der Waals surface area contributed by atoms with Crippen LogP contribution in [0.5, 0.6) is 0 Å². The summed E-state index contributed by atoms with van der Waals surface area (Å²) in [5.74, 6) is -1.64. The van der Waals surface area contributed by atoms with Gasteiger partial charge in [0.1, 0.15) is 0 Å². The zero-order chi connectivity index (χ0) is 18.7. The van der Waals surface area contributed by atoms with Crippen LogP contribution >= 0.6 is 0 Å². The van der Waals surface area contributed by atoms with E-state index < -0.39 is 12.1 Å². The minimum Gasteiger partial charge on any atom is -0.479 e. The maximum Gasteiger partial charge on any atom is 0.338 e. The number of aliphatic carboxylic acids is 1. The van der Waals surface area contributed by atoms with Gasteiger partial charge in [-0.2, -0.15) is 0 Å². The van der Waals surface area contributed by atoms with Crippen LogP contribution in [0.3, 0.4) is 0 Å². The number of rotatable bonds is 6. The number of nitrogens with zero attached hydrogens (tertiary/aromatic N) is 1. The van der Waals surface area contributed by atoms with Crippen LogP contribution in [0.2, 0.25) is 0 Å². The van der Waals surface area contributed by atoms with E-state index in [9.17, 15) is 14.7 Å². The molecule has 0 amide bonds. The van der Waals surface area contributed by atoms with E-state index in [2.05, 4.69) is 0 Å². The molecule has 0 saturated carbocycles. The maximum absolute atomic E-state index is 12.1. The van der Waals surface area contributed by atoms with Gasteiger partial charge in [-0.3, -0.25) is 0 Å². The average molecular weight is 353 g/mol. The normalized spacial score (nSPS) is 12.1. The molecule has 0 fully saturated rings. The van der Waals surface area contributed by atoms with Crippen LogP contribution in [0.4, 0.5) is 0 Å². The molecule has 6 heteroatoms. The molecular weight excluding hydrogens is 334 g/mol. The van der Waals surface area contributed by atoms with Crippen molar-refractivity contribution in [2.45, 2.75) is 19.6 Å². The Morgan fingerprint density at radius 3 is 2.65 bits per heavy atom. The second kappa shape index (κ2) is 7.41. The number of hydrogen-bond donors (Lipinski definition) is 2. The Morgan fingerprint density at radius 1 is 1.15 bits per heavy atom. The minimum absolute atomic E-state index is 0.314. The average Bonchev–Trinajstić information content (AvgIpc) is 3.03. The van der Waals surface area contributed by atoms with Crippen molar-refractivity contribution >= 4 is 22.8 Å². The van der Waals surface area contributed by atoms with Gasteiger partial charge in [0.15, 0.2) is 6.10 Å². The van der Waals surface area contributed by atoms with Crippen LogP contribution in [0.1, 0.15) is 34.5 Å². The summed E-state index contributed by atoms with van der Waals surface area (Å²) in [5.41, 5.74) is 2.56. The van der Waals surface area contributed by atoms with Gasteiger partial charge in [0.2, 0.25) is 0 Å². The first-order valence-corrected chi connectivity index (χ1v) is 8.26. The fourth-order valence-electron chi connectivity index (χ4n) is 2.92. The Morgan fingerprint density at radius 2 is 1.92 bits per heavy atom. The molecule has 0 spiro atoms. The van der Waals surface area contributed by atoms with Gasteiger partial charge in [-0.15, -0.1) is 0 Å². The smallest absolute Gasteiger partial charge is 0.338 e. The van der Waals surface area contributed by atoms with Crippen LogP contribution in [-0.2, 0) is 16.1 Å². The largest absolute Gasteiger partial charge is 0.479 e. The Labute approximate surface area is 150 Å². The number of benzene rings is 2. The van der Waals surface area contributed by atoms with Gasteiger partial charge < -0.3 is 19.5 Å². The topological polar surface area (TPSA) is 88.8 Å². The first-order valence-electron chi connectivity index (χ1n) is 8.26. The SMILES string of the molecule is CCOC(=O)c1ccccc1Cn1ccc2cc(C(O)C(=O)O)ccc21. The Kier molecular flexibility index (Phi) is 5.04. The van der Waals surface area contributed by atoms with Crippen molar-refractivity contribution in [2.75, 3.05) is 6.61 Å². The number of aliphatic hydroxyl groups is 1. The second-order valence-corrected chi connectivity index (χ2v) is 5.88. The van der Waals surface area contributed by atoms with E-state index >= 15 is 0 Å². The van der Waals surface area contributed by atoms with Crippen molar-refractivity contribution in [3.8, 4) is 0 Å². The molecule has 26 heavy (non-hydrogen) atoms. The molecule has 6 nitrogen and oxygen atoms in total. The zero-order valence-corrected chi connectivity index (χ0v) is 14.3. The van der Waals surface area contributed by atoms with Crippen LogP contribution in [-0.4, -0.2) is 33.3 Å². The number of carboxylic acids is 1. The van der Waals surface area contributed by atoms with E-state index in [1.165, 1.54) is 0 Å². The van der Waals surface area contributed by atoms with E-state index in [0.717, 1.165) is 16.5 Å². The fourth-order valence-corrected chi connectivity index (χ4v) is 2.92. The standard InChI is InChI=1S/C20H19NO5/c1-2-26-20(25)16-6-4-3-5-15(16)12-21-10-9-13-11-14(7-8-17(13)21)18(22)19(23)24/h3-11,18,22H,2,12H2,1H3,(H,23,24). The van der Waals surface area contributed by atoms with E-state index in [1.807, 2.05) is 29.0 Å². The third kappa shape index (κ3) is 3.45. The highest BCUT2D eigenvalue weighted by Gasteiger charge is 2.17.